The van der Waals surface area contributed by atoms with Crippen molar-refractivity contribution < 1.29 is 4.79 Å². The first kappa shape index (κ1) is 17.2. The summed E-state index contributed by atoms with van der Waals surface area (Å²) in [5.74, 6) is 0.159. The van der Waals surface area contributed by atoms with Gasteiger partial charge in [-0.2, -0.15) is 0 Å². The second kappa shape index (κ2) is 10.1. The molecule has 1 rings (SSSR count). The number of nitrogens with one attached hydrogen (secondary N) is 1. The van der Waals surface area contributed by atoms with Crippen LogP contribution in [0.2, 0.25) is 0 Å². The molecule has 0 aromatic carbocycles. The Morgan fingerprint density at radius 1 is 1.22 bits per heavy atom. The molecule has 1 saturated heterocycles. The number of halogens is 1. The van der Waals surface area contributed by atoms with E-state index in [0.29, 0.717) is 19.6 Å². The van der Waals surface area contributed by atoms with Crippen molar-refractivity contribution in [2.45, 2.75) is 6.42 Å². The molecular weight excluding hydrogens is 250 g/mol. The Labute approximate surface area is 116 Å². The average Bonchev–Trinajstić information content (AvgIpc) is 2.57. The molecule has 0 aliphatic carbocycles. The van der Waals surface area contributed by atoms with Gasteiger partial charge in [0.15, 0.2) is 0 Å². The van der Waals surface area contributed by atoms with Crippen LogP contribution in [0.4, 0.5) is 0 Å². The van der Waals surface area contributed by atoms with Gasteiger partial charge in [-0.1, -0.05) is 12.2 Å². The van der Waals surface area contributed by atoms with Crippen molar-refractivity contribution in [1.29, 1.82) is 0 Å². The van der Waals surface area contributed by atoms with Gasteiger partial charge < -0.3 is 10.2 Å². The second-order valence-corrected chi connectivity index (χ2v) is 4.26. The molecule has 0 spiro atoms. The number of carbonyl (C=O) groups excluding carboxylic acids is 1. The molecule has 18 heavy (non-hydrogen) atoms. The summed E-state index contributed by atoms with van der Waals surface area (Å²) in [6, 6.07) is 0. The molecule has 4 nitrogen and oxygen atoms in total. The van der Waals surface area contributed by atoms with Gasteiger partial charge >= 0.3 is 0 Å². The van der Waals surface area contributed by atoms with E-state index in [1.807, 2.05) is 0 Å². The number of rotatable bonds is 6. The Morgan fingerprint density at radius 2 is 1.89 bits per heavy atom. The normalized spacial score (nSPS) is 16.2. The van der Waals surface area contributed by atoms with Crippen LogP contribution in [-0.2, 0) is 4.79 Å². The first-order valence-electron chi connectivity index (χ1n) is 6.20. The minimum Gasteiger partial charge on any atom is -0.334 e. The largest absolute Gasteiger partial charge is 0.334 e. The zero-order valence-electron chi connectivity index (χ0n) is 10.9. The molecule has 0 bridgehead atoms. The van der Waals surface area contributed by atoms with Crippen LogP contribution in [0.25, 0.3) is 0 Å². The molecular formula is C13H24ClN3O. The third-order valence-electron chi connectivity index (χ3n) is 2.84. The SMILES string of the molecule is C=CCN(CC=C)C(=O)CN1CCCNCC1.Cl. The molecule has 0 aromatic rings. The van der Waals surface area contributed by atoms with Crippen LogP contribution >= 0.6 is 12.4 Å². The van der Waals surface area contributed by atoms with Crippen LogP contribution < -0.4 is 5.32 Å². The zero-order valence-corrected chi connectivity index (χ0v) is 11.8. The molecule has 1 N–H and O–H groups in total. The van der Waals surface area contributed by atoms with Gasteiger partial charge in [0.1, 0.15) is 0 Å². The third kappa shape index (κ3) is 6.19. The molecule has 1 aliphatic heterocycles. The summed E-state index contributed by atoms with van der Waals surface area (Å²) in [6.07, 6.45) is 4.62. The predicted octanol–water partition coefficient (Wildman–Crippen LogP) is 0.904. The fraction of sp³-hybridized carbons (Fsp3) is 0.615. The van der Waals surface area contributed by atoms with Crippen molar-refractivity contribution in [2.24, 2.45) is 0 Å². The van der Waals surface area contributed by atoms with Crippen molar-refractivity contribution in [1.82, 2.24) is 15.1 Å². The van der Waals surface area contributed by atoms with Gasteiger partial charge in [0, 0.05) is 26.2 Å². The Bertz CT molecular complexity index is 253. The number of carbonyl (C=O) groups is 1. The fourth-order valence-corrected chi connectivity index (χ4v) is 1.94. The maximum atomic E-state index is 12.1. The lowest BCUT2D eigenvalue weighted by Crippen LogP contribution is -2.41. The molecule has 0 atom stereocenters. The van der Waals surface area contributed by atoms with Crippen LogP contribution in [0.3, 0.4) is 0 Å². The summed E-state index contributed by atoms with van der Waals surface area (Å²) in [4.78, 5) is 16.1. The standard InChI is InChI=1S/C13H23N3O.ClH/c1-3-8-16(9-4-2)13(17)12-15-10-5-6-14-7-11-15;/h3-4,14H,1-2,5-12H2;1H. The highest BCUT2D eigenvalue weighted by molar-refractivity contribution is 5.85. The van der Waals surface area contributed by atoms with Gasteiger partial charge in [-0.15, -0.1) is 25.6 Å². The first-order valence-corrected chi connectivity index (χ1v) is 6.20. The van der Waals surface area contributed by atoms with Crippen molar-refractivity contribution >= 4 is 18.3 Å². The van der Waals surface area contributed by atoms with Gasteiger partial charge in [-0.3, -0.25) is 9.69 Å². The minimum atomic E-state index is 0. The van der Waals surface area contributed by atoms with E-state index in [-0.39, 0.29) is 18.3 Å². The summed E-state index contributed by atoms with van der Waals surface area (Å²) in [7, 11) is 0. The predicted molar refractivity (Wildman–Crippen MR) is 78.1 cm³/mol. The summed E-state index contributed by atoms with van der Waals surface area (Å²) < 4.78 is 0. The van der Waals surface area contributed by atoms with E-state index in [9.17, 15) is 4.79 Å². The van der Waals surface area contributed by atoms with Crippen molar-refractivity contribution in [3.05, 3.63) is 25.3 Å². The van der Waals surface area contributed by atoms with Gasteiger partial charge in [-0.05, 0) is 19.5 Å². The highest BCUT2D eigenvalue weighted by atomic mass is 35.5. The second-order valence-electron chi connectivity index (χ2n) is 4.26. The van der Waals surface area contributed by atoms with Crippen molar-refractivity contribution in [3.8, 4) is 0 Å². The molecule has 5 heteroatoms. The molecule has 0 radical (unpaired) electrons. The van der Waals surface area contributed by atoms with Crippen LogP contribution in [0, 0.1) is 0 Å². The van der Waals surface area contributed by atoms with Crippen molar-refractivity contribution in [2.75, 3.05) is 45.8 Å². The monoisotopic (exact) mass is 273 g/mol. The lowest BCUT2D eigenvalue weighted by molar-refractivity contribution is -0.131. The summed E-state index contributed by atoms with van der Waals surface area (Å²) in [6.45, 7) is 13.0. The van der Waals surface area contributed by atoms with Gasteiger partial charge in [0.05, 0.1) is 6.54 Å². The van der Waals surface area contributed by atoms with Crippen LogP contribution in [-0.4, -0.2) is 61.5 Å². The summed E-state index contributed by atoms with van der Waals surface area (Å²) in [5.41, 5.74) is 0. The van der Waals surface area contributed by atoms with E-state index < -0.39 is 0 Å². The molecule has 1 amide bonds. The number of amides is 1. The highest BCUT2D eigenvalue weighted by Gasteiger charge is 2.16. The average molecular weight is 274 g/mol. The quantitative estimate of drug-likeness (QED) is 0.731. The Hall–Kier alpha value is -0.840. The van der Waals surface area contributed by atoms with Gasteiger partial charge in [-0.25, -0.2) is 0 Å². The molecule has 104 valence electrons. The van der Waals surface area contributed by atoms with Gasteiger partial charge in [0.25, 0.3) is 0 Å². The van der Waals surface area contributed by atoms with E-state index in [1.54, 1.807) is 17.1 Å². The molecule has 0 saturated carbocycles. The minimum absolute atomic E-state index is 0. The van der Waals surface area contributed by atoms with E-state index >= 15 is 0 Å². The lowest BCUT2D eigenvalue weighted by atomic mass is 10.3. The van der Waals surface area contributed by atoms with Gasteiger partial charge in [0.2, 0.25) is 5.91 Å². The fourth-order valence-electron chi connectivity index (χ4n) is 1.94. The summed E-state index contributed by atoms with van der Waals surface area (Å²) >= 11 is 0. The molecule has 0 unspecified atom stereocenters. The van der Waals surface area contributed by atoms with Crippen LogP contribution in [0.5, 0.6) is 0 Å². The number of hydrogen-bond acceptors (Lipinski definition) is 3. The van der Waals surface area contributed by atoms with E-state index in [1.165, 1.54) is 0 Å². The zero-order chi connectivity index (χ0) is 12.5. The van der Waals surface area contributed by atoms with Crippen LogP contribution in [0.1, 0.15) is 6.42 Å². The number of hydrogen-bond donors (Lipinski definition) is 1. The molecule has 1 heterocycles. The molecule has 1 aliphatic rings. The molecule has 1 fully saturated rings. The maximum absolute atomic E-state index is 12.1. The van der Waals surface area contributed by atoms with E-state index in [2.05, 4.69) is 23.4 Å². The molecule has 0 aromatic heterocycles. The Morgan fingerprint density at radius 3 is 2.50 bits per heavy atom. The summed E-state index contributed by atoms with van der Waals surface area (Å²) in [5, 5.41) is 3.33. The van der Waals surface area contributed by atoms with E-state index in [4.69, 9.17) is 0 Å². The smallest absolute Gasteiger partial charge is 0.237 e. The third-order valence-corrected chi connectivity index (χ3v) is 2.84. The maximum Gasteiger partial charge on any atom is 0.237 e. The van der Waals surface area contributed by atoms with E-state index in [0.717, 1.165) is 32.6 Å². The Balaban J connectivity index is 0.00000289. The first-order chi connectivity index (χ1) is 8.27. The van der Waals surface area contributed by atoms with Crippen LogP contribution in [0.15, 0.2) is 25.3 Å². The van der Waals surface area contributed by atoms with Crippen molar-refractivity contribution in [3.63, 3.8) is 0 Å². The lowest BCUT2D eigenvalue weighted by Gasteiger charge is -2.24. The topological polar surface area (TPSA) is 35.6 Å². The Kier molecular flexibility index (Phi) is 9.64. The highest BCUT2D eigenvalue weighted by Crippen LogP contribution is 1.99. The number of nitrogens with zero attached hydrogens (tertiary/aromatic N) is 2.